The van der Waals surface area contributed by atoms with Gasteiger partial charge in [-0.2, -0.15) is 0 Å². The van der Waals surface area contributed by atoms with Gasteiger partial charge < -0.3 is 10.1 Å². The molecular formula is C19H27NO5S. The second kappa shape index (κ2) is 9.16. The van der Waals surface area contributed by atoms with Crippen LogP contribution in [0, 0.1) is 0 Å². The molecule has 1 aliphatic carbocycles. The molecule has 144 valence electrons. The summed E-state index contributed by atoms with van der Waals surface area (Å²) in [5, 5.41) is 2.97. The first-order valence-corrected chi connectivity index (χ1v) is 11.1. The molecule has 26 heavy (non-hydrogen) atoms. The normalized spacial score (nSPS) is 17.2. The summed E-state index contributed by atoms with van der Waals surface area (Å²) in [7, 11) is -3.13. The molecule has 1 fully saturated rings. The van der Waals surface area contributed by atoms with Crippen LogP contribution in [0.1, 0.15) is 61.4 Å². The zero-order valence-corrected chi connectivity index (χ0v) is 16.2. The molecule has 0 bridgehead atoms. The van der Waals surface area contributed by atoms with Gasteiger partial charge in [0.05, 0.1) is 11.3 Å². The fourth-order valence-corrected chi connectivity index (χ4v) is 3.86. The molecule has 0 heterocycles. The van der Waals surface area contributed by atoms with Gasteiger partial charge in [-0.25, -0.2) is 13.2 Å². The molecule has 0 saturated heterocycles. The number of amides is 1. The first-order chi connectivity index (χ1) is 12.2. The molecule has 0 spiro atoms. The van der Waals surface area contributed by atoms with Gasteiger partial charge in [0, 0.05) is 12.3 Å². The lowest BCUT2D eigenvalue weighted by Gasteiger charge is -2.19. The molecule has 6 nitrogen and oxygen atoms in total. The lowest BCUT2D eigenvalue weighted by molar-refractivity contribution is -0.129. The lowest BCUT2D eigenvalue weighted by Crippen LogP contribution is -2.41. The lowest BCUT2D eigenvalue weighted by atomic mass is 10.1. The molecule has 7 heteroatoms. The number of carbonyl (C=O) groups excluding carboxylic acids is 2. The summed E-state index contributed by atoms with van der Waals surface area (Å²) in [5.41, 5.74) is 0.888. The average Bonchev–Trinajstić information content (AvgIpc) is 2.82. The highest BCUT2D eigenvalue weighted by molar-refractivity contribution is 7.89. The zero-order chi connectivity index (χ0) is 19.2. The highest BCUT2D eigenvalue weighted by Gasteiger charge is 2.22. The van der Waals surface area contributed by atoms with E-state index in [1.54, 1.807) is 19.1 Å². The van der Waals surface area contributed by atoms with Crippen molar-refractivity contribution in [1.82, 2.24) is 5.32 Å². The molecule has 1 aliphatic rings. The number of hydrogen-bond donors (Lipinski definition) is 1. The van der Waals surface area contributed by atoms with Crippen molar-refractivity contribution < 1.29 is 22.7 Å². The van der Waals surface area contributed by atoms with Gasteiger partial charge in [-0.15, -0.1) is 0 Å². The van der Waals surface area contributed by atoms with Crippen LogP contribution < -0.4 is 5.32 Å². The summed E-state index contributed by atoms with van der Waals surface area (Å²) in [5.74, 6) is -0.957. The van der Waals surface area contributed by atoms with Crippen LogP contribution in [0.5, 0.6) is 0 Å². The van der Waals surface area contributed by atoms with Crippen molar-refractivity contribution in [3.8, 4) is 0 Å². The maximum Gasteiger partial charge on any atom is 0.338 e. The second-order valence-electron chi connectivity index (χ2n) is 7.01. The number of ether oxygens (including phenoxy) is 1. The molecule has 0 unspecified atom stereocenters. The minimum atomic E-state index is -3.13. The van der Waals surface area contributed by atoms with Crippen LogP contribution in [-0.2, 0) is 25.1 Å². The molecule has 2 rings (SSSR count). The van der Waals surface area contributed by atoms with Gasteiger partial charge in [0.1, 0.15) is 0 Å². The van der Waals surface area contributed by atoms with Crippen LogP contribution in [0.3, 0.4) is 0 Å². The number of esters is 1. The topological polar surface area (TPSA) is 89.5 Å². The monoisotopic (exact) mass is 381 g/mol. The third-order valence-corrected chi connectivity index (χ3v) is 5.33. The first kappa shape index (κ1) is 20.4. The zero-order valence-electron chi connectivity index (χ0n) is 15.4. The molecule has 1 N–H and O–H groups in total. The van der Waals surface area contributed by atoms with E-state index in [1.807, 2.05) is 0 Å². The average molecular weight is 381 g/mol. The van der Waals surface area contributed by atoms with E-state index in [9.17, 15) is 18.0 Å². The fourth-order valence-electron chi connectivity index (χ4n) is 3.06. The quantitative estimate of drug-likeness (QED) is 0.604. The summed E-state index contributed by atoms with van der Waals surface area (Å²) in [4.78, 5) is 24.4. The minimum Gasteiger partial charge on any atom is -0.449 e. The van der Waals surface area contributed by atoms with Crippen LogP contribution >= 0.6 is 0 Å². The molecule has 0 aromatic heterocycles. The molecule has 1 saturated carbocycles. The molecule has 0 aliphatic heterocycles. The van der Waals surface area contributed by atoms with E-state index < -0.39 is 21.9 Å². The summed E-state index contributed by atoms with van der Waals surface area (Å²) in [6.45, 7) is 1.56. The second-order valence-corrected chi connectivity index (χ2v) is 9.15. The Morgan fingerprint density at radius 1 is 1.12 bits per heavy atom. The standard InChI is InChI=1S/C19H27NO5S/c1-14(18(21)20-17-7-5-3-4-6-8-17)25-19(22)16-11-9-15(10-12-16)13-26(2,23)24/h9-12,14,17H,3-8,13H2,1-2H3,(H,20,21)/t14-/m1/s1. The van der Waals surface area contributed by atoms with Crippen molar-refractivity contribution in [2.45, 2.75) is 63.3 Å². The number of hydrogen-bond acceptors (Lipinski definition) is 5. The van der Waals surface area contributed by atoms with Gasteiger partial charge in [0.25, 0.3) is 5.91 Å². The van der Waals surface area contributed by atoms with Crippen LogP contribution in [-0.4, -0.2) is 38.7 Å². The van der Waals surface area contributed by atoms with Gasteiger partial charge in [0.2, 0.25) is 0 Å². The van der Waals surface area contributed by atoms with E-state index in [4.69, 9.17) is 4.74 Å². The van der Waals surface area contributed by atoms with Crippen molar-refractivity contribution in [2.75, 3.05) is 6.26 Å². The first-order valence-electron chi connectivity index (χ1n) is 9.02. The summed E-state index contributed by atoms with van der Waals surface area (Å²) >= 11 is 0. The predicted molar refractivity (Wildman–Crippen MR) is 99.5 cm³/mol. The Morgan fingerprint density at radius 2 is 1.69 bits per heavy atom. The van der Waals surface area contributed by atoms with Gasteiger partial charge in [-0.1, -0.05) is 37.8 Å². The van der Waals surface area contributed by atoms with E-state index >= 15 is 0 Å². The van der Waals surface area contributed by atoms with Crippen molar-refractivity contribution >= 4 is 21.7 Å². The predicted octanol–water partition coefficient (Wildman–Crippen LogP) is 2.62. The van der Waals surface area contributed by atoms with E-state index in [0.29, 0.717) is 5.56 Å². The van der Waals surface area contributed by atoms with E-state index in [0.717, 1.165) is 31.9 Å². The SMILES string of the molecule is C[C@@H](OC(=O)c1ccc(CS(C)(=O)=O)cc1)C(=O)NC1CCCCCC1. The Morgan fingerprint density at radius 3 is 2.23 bits per heavy atom. The van der Waals surface area contributed by atoms with Crippen molar-refractivity contribution in [2.24, 2.45) is 0 Å². The van der Waals surface area contributed by atoms with Gasteiger partial charge in [-0.05, 0) is 37.5 Å². The Balaban J connectivity index is 1.88. The third kappa shape index (κ3) is 6.78. The summed E-state index contributed by atoms with van der Waals surface area (Å²) in [6.07, 6.45) is 6.84. The van der Waals surface area contributed by atoms with E-state index in [-0.39, 0.29) is 23.3 Å². The van der Waals surface area contributed by atoms with Crippen molar-refractivity contribution in [3.63, 3.8) is 0 Å². The van der Waals surface area contributed by atoms with Gasteiger partial charge in [0.15, 0.2) is 15.9 Å². The van der Waals surface area contributed by atoms with Crippen molar-refractivity contribution in [1.29, 1.82) is 0 Å². The Kier molecular flexibility index (Phi) is 7.20. The number of carbonyl (C=O) groups is 2. The number of sulfone groups is 1. The smallest absolute Gasteiger partial charge is 0.338 e. The summed E-state index contributed by atoms with van der Waals surface area (Å²) in [6, 6.07) is 6.33. The number of benzene rings is 1. The van der Waals surface area contributed by atoms with Crippen LogP contribution in [0.25, 0.3) is 0 Å². The Bertz CT molecular complexity index is 719. The fraction of sp³-hybridized carbons (Fsp3) is 0.579. The van der Waals surface area contributed by atoms with Crippen LogP contribution in [0.4, 0.5) is 0 Å². The minimum absolute atomic E-state index is 0.0808. The molecule has 0 radical (unpaired) electrons. The molecule has 1 atom stereocenters. The number of rotatable bonds is 6. The van der Waals surface area contributed by atoms with Crippen molar-refractivity contribution in [3.05, 3.63) is 35.4 Å². The van der Waals surface area contributed by atoms with Crippen LogP contribution in [0.2, 0.25) is 0 Å². The maximum absolute atomic E-state index is 12.2. The molecule has 1 aromatic carbocycles. The van der Waals surface area contributed by atoms with E-state index in [1.165, 1.54) is 25.0 Å². The van der Waals surface area contributed by atoms with Gasteiger partial charge in [-0.3, -0.25) is 4.79 Å². The maximum atomic E-state index is 12.2. The summed E-state index contributed by atoms with van der Waals surface area (Å²) < 4.78 is 27.8. The Hall–Kier alpha value is -1.89. The largest absolute Gasteiger partial charge is 0.449 e. The molecule has 1 aromatic rings. The van der Waals surface area contributed by atoms with Gasteiger partial charge >= 0.3 is 5.97 Å². The highest BCUT2D eigenvalue weighted by Crippen LogP contribution is 2.17. The van der Waals surface area contributed by atoms with E-state index in [2.05, 4.69) is 5.32 Å². The third-order valence-electron chi connectivity index (χ3n) is 4.47. The molecular weight excluding hydrogens is 354 g/mol. The van der Waals surface area contributed by atoms with Crippen LogP contribution in [0.15, 0.2) is 24.3 Å². The Labute approximate surface area is 155 Å². The highest BCUT2D eigenvalue weighted by atomic mass is 32.2. The molecule has 1 amide bonds. The number of nitrogens with one attached hydrogen (secondary N) is 1.